The number of nitrogens with zero attached hydrogens (tertiary/aromatic N) is 2. The van der Waals surface area contributed by atoms with Gasteiger partial charge in [0.15, 0.2) is 5.82 Å². The molecule has 0 fully saturated rings. The van der Waals surface area contributed by atoms with E-state index in [1.165, 1.54) is 52.8 Å². The van der Waals surface area contributed by atoms with E-state index >= 15 is 0 Å². The first kappa shape index (κ1) is 29.5. The zero-order valence-corrected chi connectivity index (χ0v) is 28.4. The normalized spacial score (nSPS) is 11.5. The molecule has 0 unspecified atom stereocenters. The van der Waals surface area contributed by atoms with Crippen molar-refractivity contribution in [1.29, 1.82) is 0 Å². The molecule has 0 amide bonds. The Labute approximate surface area is 300 Å². The van der Waals surface area contributed by atoms with Gasteiger partial charge in [-0.05, 0) is 68.7 Å². The summed E-state index contributed by atoms with van der Waals surface area (Å²) >= 11 is 1.89. The minimum absolute atomic E-state index is 0.713. The number of aromatic nitrogens is 2. The first-order chi connectivity index (χ1) is 25.2. The van der Waals surface area contributed by atoms with E-state index in [0.717, 1.165) is 39.2 Å². The van der Waals surface area contributed by atoms with Gasteiger partial charge in [0.2, 0.25) is 0 Å². The Balaban J connectivity index is 1.17. The highest BCUT2D eigenvalue weighted by atomic mass is 32.1. The van der Waals surface area contributed by atoms with Crippen LogP contribution in [0.3, 0.4) is 0 Å². The molecule has 0 saturated heterocycles. The van der Waals surface area contributed by atoms with Gasteiger partial charge in [-0.25, -0.2) is 9.97 Å². The highest BCUT2D eigenvalue weighted by Gasteiger charge is 2.15. The molecule has 0 spiro atoms. The second-order valence-corrected chi connectivity index (χ2v) is 14.0. The molecule has 0 bridgehead atoms. The van der Waals surface area contributed by atoms with Crippen LogP contribution in [0.15, 0.2) is 182 Å². The number of thiophene rings is 1. The first-order valence-electron chi connectivity index (χ1n) is 17.2. The van der Waals surface area contributed by atoms with Gasteiger partial charge in [-0.2, -0.15) is 0 Å². The second-order valence-electron chi connectivity index (χ2n) is 13.0. The van der Waals surface area contributed by atoms with Crippen molar-refractivity contribution < 1.29 is 0 Å². The molecule has 8 aromatic carbocycles. The van der Waals surface area contributed by atoms with Gasteiger partial charge in [0.25, 0.3) is 0 Å². The van der Waals surface area contributed by atoms with Crippen LogP contribution in [0.2, 0.25) is 0 Å². The summed E-state index contributed by atoms with van der Waals surface area (Å²) in [6, 6.07) is 65.0. The smallest absolute Gasteiger partial charge is 0.160 e. The van der Waals surface area contributed by atoms with E-state index in [-0.39, 0.29) is 0 Å². The summed E-state index contributed by atoms with van der Waals surface area (Å²) in [6.07, 6.45) is 0. The Kier molecular flexibility index (Phi) is 7.04. The van der Waals surface area contributed by atoms with Crippen molar-refractivity contribution in [3.63, 3.8) is 0 Å². The molecule has 0 aliphatic heterocycles. The van der Waals surface area contributed by atoms with E-state index in [9.17, 15) is 0 Å². The van der Waals surface area contributed by atoms with Crippen molar-refractivity contribution in [2.75, 3.05) is 0 Å². The number of hydrogen-bond acceptors (Lipinski definition) is 3. The standard InChI is InChI=1S/C48H30N2S/c1-4-12-31(13-5-1)36-26-37(28-38(27-36)45-30-44(33-15-6-2-7-16-33)49-48(50-45)34-17-8-3-9-18-34)35-21-22-41-43-25-24-40-39-19-11-10-14-32(39)20-23-42(40)47(43)51-46(41)29-35/h1-30H. The molecular weight excluding hydrogens is 637 g/mol. The van der Waals surface area contributed by atoms with E-state index < -0.39 is 0 Å². The molecule has 0 saturated carbocycles. The van der Waals surface area contributed by atoms with Crippen LogP contribution in [-0.4, -0.2) is 9.97 Å². The highest BCUT2D eigenvalue weighted by Crippen LogP contribution is 2.42. The van der Waals surface area contributed by atoms with Crippen molar-refractivity contribution in [2.45, 2.75) is 0 Å². The van der Waals surface area contributed by atoms with Crippen LogP contribution in [0.4, 0.5) is 0 Å². The predicted octanol–water partition coefficient (Wildman–Crippen LogP) is 13.5. The zero-order valence-electron chi connectivity index (χ0n) is 27.6. The quantitative estimate of drug-likeness (QED) is 0.171. The van der Waals surface area contributed by atoms with Crippen LogP contribution in [0.1, 0.15) is 0 Å². The monoisotopic (exact) mass is 666 g/mol. The van der Waals surface area contributed by atoms with E-state index in [2.05, 4.69) is 158 Å². The van der Waals surface area contributed by atoms with Crippen molar-refractivity contribution in [3.05, 3.63) is 182 Å². The predicted molar refractivity (Wildman–Crippen MR) is 217 cm³/mol. The van der Waals surface area contributed by atoms with Gasteiger partial charge in [0, 0.05) is 42.2 Å². The van der Waals surface area contributed by atoms with Gasteiger partial charge < -0.3 is 0 Å². The van der Waals surface area contributed by atoms with Crippen LogP contribution in [-0.2, 0) is 0 Å². The summed E-state index contributed by atoms with van der Waals surface area (Å²) in [4.78, 5) is 10.2. The lowest BCUT2D eigenvalue weighted by molar-refractivity contribution is 1.18. The van der Waals surface area contributed by atoms with Crippen LogP contribution >= 0.6 is 11.3 Å². The molecule has 0 aliphatic rings. The van der Waals surface area contributed by atoms with E-state index in [4.69, 9.17) is 9.97 Å². The number of fused-ring (bicyclic) bond motifs is 7. The summed E-state index contributed by atoms with van der Waals surface area (Å²) in [5.74, 6) is 0.713. The fraction of sp³-hybridized carbons (Fsp3) is 0. The molecule has 0 N–H and O–H groups in total. The average Bonchev–Trinajstić information content (AvgIpc) is 3.60. The molecule has 10 aromatic rings. The Morgan fingerprint density at radius 1 is 0.314 bits per heavy atom. The minimum Gasteiger partial charge on any atom is -0.228 e. The van der Waals surface area contributed by atoms with E-state index in [0.29, 0.717) is 5.82 Å². The van der Waals surface area contributed by atoms with Crippen molar-refractivity contribution in [2.24, 2.45) is 0 Å². The van der Waals surface area contributed by atoms with Gasteiger partial charge in [0.1, 0.15) is 0 Å². The van der Waals surface area contributed by atoms with Crippen LogP contribution < -0.4 is 0 Å². The van der Waals surface area contributed by atoms with Gasteiger partial charge in [0.05, 0.1) is 11.4 Å². The summed E-state index contributed by atoms with van der Waals surface area (Å²) in [7, 11) is 0. The molecule has 0 aliphatic carbocycles. The molecule has 10 rings (SSSR count). The van der Waals surface area contributed by atoms with Crippen LogP contribution in [0.25, 0.3) is 97.9 Å². The van der Waals surface area contributed by atoms with Crippen molar-refractivity contribution in [1.82, 2.24) is 9.97 Å². The van der Waals surface area contributed by atoms with Crippen molar-refractivity contribution >= 4 is 53.1 Å². The van der Waals surface area contributed by atoms with Gasteiger partial charge in [-0.15, -0.1) is 11.3 Å². The largest absolute Gasteiger partial charge is 0.228 e. The maximum atomic E-state index is 5.19. The fourth-order valence-electron chi connectivity index (χ4n) is 7.31. The lowest BCUT2D eigenvalue weighted by Crippen LogP contribution is -1.96. The van der Waals surface area contributed by atoms with Crippen LogP contribution in [0.5, 0.6) is 0 Å². The number of rotatable bonds is 5. The molecule has 2 nitrogen and oxygen atoms in total. The Morgan fingerprint density at radius 3 is 1.63 bits per heavy atom. The second kappa shape index (κ2) is 12.2. The van der Waals surface area contributed by atoms with Crippen LogP contribution in [0, 0.1) is 0 Å². The Morgan fingerprint density at radius 2 is 0.863 bits per heavy atom. The molecular formula is C48H30N2S. The third-order valence-corrected chi connectivity index (χ3v) is 11.1. The highest BCUT2D eigenvalue weighted by molar-refractivity contribution is 7.26. The third-order valence-electron chi connectivity index (χ3n) is 9.86. The maximum Gasteiger partial charge on any atom is 0.160 e. The first-order valence-corrected chi connectivity index (χ1v) is 18.0. The summed E-state index contributed by atoms with van der Waals surface area (Å²) in [6.45, 7) is 0. The summed E-state index contributed by atoms with van der Waals surface area (Å²) in [5.41, 5.74) is 9.56. The summed E-state index contributed by atoms with van der Waals surface area (Å²) < 4.78 is 2.63. The fourth-order valence-corrected chi connectivity index (χ4v) is 8.58. The van der Waals surface area contributed by atoms with E-state index in [1.54, 1.807) is 0 Å². The maximum absolute atomic E-state index is 5.19. The zero-order chi connectivity index (χ0) is 33.7. The lowest BCUT2D eigenvalue weighted by Gasteiger charge is -2.13. The molecule has 51 heavy (non-hydrogen) atoms. The Hall–Kier alpha value is -6.42. The SMILES string of the molecule is c1ccc(-c2cc(-c3ccc4c(c3)sc3c4ccc4c5ccccc5ccc43)cc(-c3cc(-c4ccccc4)nc(-c4ccccc4)n3)c2)cc1. The molecule has 2 aromatic heterocycles. The van der Waals surface area contributed by atoms with Gasteiger partial charge in [-0.3, -0.25) is 0 Å². The lowest BCUT2D eigenvalue weighted by atomic mass is 9.94. The molecule has 0 atom stereocenters. The topological polar surface area (TPSA) is 25.8 Å². The average molecular weight is 667 g/mol. The molecule has 3 heteroatoms. The molecule has 238 valence electrons. The van der Waals surface area contributed by atoms with Gasteiger partial charge in [-0.1, -0.05) is 152 Å². The van der Waals surface area contributed by atoms with Crippen molar-refractivity contribution in [3.8, 4) is 56.2 Å². The van der Waals surface area contributed by atoms with Gasteiger partial charge >= 0.3 is 0 Å². The van der Waals surface area contributed by atoms with E-state index in [1.807, 2.05) is 35.6 Å². The number of hydrogen-bond donors (Lipinski definition) is 0. The third kappa shape index (κ3) is 5.27. The molecule has 0 radical (unpaired) electrons. The molecule has 2 heterocycles. The number of benzene rings is 8. The minimum atomic E-state index is 0.713. The summed E-state index contributed by atoms with van der Waals surface area (Å²) in [5, 5.41) is 7.81. The Bertz CT molecular complexity index is 2840.